The third-order valence-electron chi connectivity index (χ3n) is 5.01. The van der Waals surface area contributed by atoms with Crippen LogP contribution in [0.3, 0.4) is 0 Å². The van der Waals surface area contributed by atoms with Crippen molar-refractivity contribution in [2.24, 2.45) is 5.92 Å². The number of nitrogens with one attached hydrogen (secondary N) is 1. The third-order valence-corrected chi connectivity index (χ3v) is 5.01. The SMILES string of the molecule is COc1cc(Nc2ncc(-c3ccccc3N(C)C(=O)C(C)C)o2)ccc1-c1cnco1. The molecule has 0 aliphatic heterocycles. The number of hydrogen-bond donors (Lipinski definition) is 1. The molecule has 0 atom stereocenters. The number of aromatic nitrogens is 2. The first-order valence-electron chi connectivity index (χ1n) is 10.1. The highest BCUT2D eigenvalue weighted by Gasteiger charge is 2.20. The van der Waals surface area contributed by atoms with Gasteiger partial charge in [0.1, 0.15) is 5.75 Å². The molecule has 8 heteroatoms. The lowest BCUT2D eigenvalue weighted by atomic mass is 10.1. The van der Waals surface area contributed by atoms with Crippen LogP contribution in [0.15, 0.2) is 70.1 Å². The number of benzene rings is 2. The lowest BCUT2D eigenvalue weighted by molar-refractivity contribution is -0.121. The Hall–Kier alpha value is -4.07. The molecule has 4 rings (SSSR count). The second-order valence-corrected chi connectivity index (χ2v) is 7.50. The molecule has 1 amide bonds. The Bertz CT molecular complexity index is 1210. The molecule has 0 spiro atoms. The first kappa shape index (κ1) is 21.2. The molecular formula is C24H24N4O4. The fourth-order valence-corrected chi connectivity index (χ4v) is 3.38. The Labute approximate surface area is 185 Å². The number of para-hydroxylation sites is 1. The molecule has 0 saturated heterocycles. The number of anilines is 3. The Morgan fingerprint density at radius 2 is 1.91 bits per heavy atom. The van der Waals surface area contributed by atoms with E-state index in [0.717, 1.165) is 22.5 Å². The number of hydrogen-bond acceptors (Lipinski definition) is 7. The van der Waals surface area contributed by atoms with Gasteiger partial charge in [0, 0.05) is 30.3 Å². The van der Waals surface area contributed by atoms with E-state index in [1.807, 2.05) is 56.3 Å². The molecule has 0 aliphatic carbocycles. The second kappa shape index (κ2) is 8.97. The largest absolute Gasteiger partial charge is 0.496 e. The highest BCUT2D eigenvalue weighted by Crippen LogP contribution is 2.35. The summed E-state index contributed by atoms with van der Waals surface area (Å²) in [6, 6.07) is 13.5. The maximum Gasteiger partial charge on any atom is 0.299 e. The van der Waals surface area contributed by atoms with Crippen LogP contribution in [0.4, 0.5) is 17.4 Å². The van der Waals surface area contributed by atoms with Gasteiger partial charge < -0.3 is 23.8 Å². The zero-order valence-electron chi connectivity index (χ0n) is 18.3. The van der Waals surface area contributed by atoms with Crippen LogP contribution < -0.4 is 15.0 Å². The molecule has 164 valence electrons. The Morgan fingerprint density at radius 1 is 1.09 bits per heavy atom. The molecule has 0 aliphatic rings. The van der Waals surface area contributed by atoms with Crippen molar-refractivity contribution in [2.75, 3.05) is 24.4 Å². The summed E-state index contributed by atoms with van der Waals surface area (Å²) in [5, 5.41) is 3.15. The van der Waals surface area contributed by atoms with E-state index in [-0.39, 0.29) is 11.8 Å². The van der Waals surface area contributed by atoms with Crippen LogP contribution in [0.1, 0.15) is 13.8 Å². The maximum absolute atomic E-state index is 12.5. The molecule has 8 nitrogen and oxygen atoms in total. The molecule has 2 aromatic carbocycles. The Kier molecular flexibility index (Phi) is 5.93. The molecule has 0 fully saturated rings. The number of rotatable bonds is 7. The van der Waals surface area contributed by atoms with Gasteiger partial charge in [0.2, 0.25) is 5.91 Å². The molecule has 2 heterocycles. The van der Waals surface area contributed by atoms with E-state index in [1.165, 1.54) is 6.39 Å². The highest BCUT2D eigenvalue weighted by molar-refractivity contribution is 5.97. The van der Waals surface area contributed by atoms with Gasteiger partial charge in [-0.3, -0.25) is 4.79 Å². The van der Waals surface area contributed by atoms with E-state index in [2.05, 4.69) is 15.3 Å². The van der Waals surface area contributed by atoms with Gasteiger partial charge in [0.15, 0.2) is 17.9 Å². The molecule has 0 saturated carbocycles. The molecule has 32 heavy (non-hydrogen) atoms. The number of carbonyl (C=O) groups excluding carboxylic acids is 1. The molecule has 1 N–H and O–H groups in total. The van der Waals surface area contributed by atoms with E-state index in [9.17, 15) is 4.79 Å². The second-order valence-electron chi connectivity index (χ2n) is 7.50. The number of methoxy groups -OCH3 is 1. The fourth-order valence-electron chi connectivity index (χ4n) is 3.38. The summed E-state index contributed by atoms with van der Waals surface area (Å²) < 4.78 is 16.8. The van der Waals surface area contributed by atoms with Crippen LogP contribution in [0.2, 0.25) is 0 Å². The summed E-state index contributed by atoms with van der Waals surface area (Å²) in [7, 11) is 3.35. The predicted octanol–water partition coefficient (Wildman–Crippen LogP) is 5.37. The average Bonchev–Trinajstić information content (AvgIpc) is 3.50. The Balaban J connectivity index is 1.59. The number of ether oxygens (including phenoxy) is 1. The highest BCUT2D eigenvalue weighted by atomic mass is 16.5. The van der Waals surface area contributed by atoms with Crippen LogP contribution >= 0.6 is 0 Å². The minimum atomic E-state index is -0.116. The quantitative estimate of drug-likeness (QED) is 0.420. The van der Waals surface area contributed by atoms with Crippen LogP contribution in [0, 0.1) is 5.92 Å². The van der Waals surface area contributed by atoms with Gasteiger partial charge in [-0.05, 0) is 24.3 Å². The van der Waals surface area contributed by atoms with E-state index >= 15 is 0 Å². The maximum atomic E-state index is 12.5. The number of amides is 1. The van der Waals surface area contributed by atoms with Crippen molar-refractivity contribution in [1.82, 2.24) is 9.97 Å². The van der Waals surface area contributed by atoms with Crippen molar-refractivity contribution in [2.45, 2.75) is 13.8 Å². The molecule has 0 bridgehead atoms. The van der Waals surface area contributed by atoms with E-state index < -0.39 is 0 Å². The normalized spacial score (nSPS) is 10.9. The predicted molar refractivity (Wildman–Crippen MR) is 122 cm³/mol. The zero-order chi connectivity index (χ0) is 22.7. The van der Waals surface area contributed by atoms with Crippen molar-refractivity contribution >= 4 is 23.3 Å². The van der Waals surface area contributed by atoms with Gasteiger partial charge in [-0.15, -0.1) is 0 Å². The topological polar surface area (TPSA) is 93.6 Å². The van der Waals surface area contributed by atoms with Crippen LogP contribution in [-0.2, 0) is 4.79 Å². The lowest BCUT2D eigenvalue weighted by Gasteiger charge is -2.21. The van der Waals surface area contributed by atoms with Crippen LogP contribution in [0.5, 0.6) is 5.75 Å². The van der Waals surface area contributed by atoms with Crippen molar-refractivity contribution in [3.63, 3.8) is 0 Å². The molecule has 0 radical (unpaired) electrons. The number of oxazole rings is 2. The summed E-state index contributed by atoms with van der Waals surface area (Å²) in [5.74, 6) is 1.70. The van der Waals surface area contributed by atoms with Crippen molar-refractivity contribution in [1.29, 1.82) is 0 Å². The monoisotopic (exact) mass is 432 g/mol. The lowest BCUT2D eigenvalue weighted by Crippen LogP contribution is -2.30. The fraction of sp³-hybridized carbons (Fsp3) is 0.208. The number of nitrogens with zero attached hydrogens (tertiary/aromatic N) is 3. The average molecular weight is 432 g/mol. The molecule has 2 aromatic heterocycles. The number of carbonyl (C=O) groups is 1. The zero-order valence-corrected chi connectivity index (χ0v) is 18.3. The van der Waals surface area contributed by atoms with Crippen molar-refractivity contribution in [3.8, 4) is 28.4 Å². The van der Waals surface area contributed by atoms with Gasteiger partial charge in [-0.25, -0.2) is 9.97 Å². The van der Waals surface area contributed by atoms with E-state index in [0.29, 0.717) is 23.3 Å². The van der Waals surface area contributed by atoms with Crippen molar-refractivity contribution < 1.29 is 18.4 Å². The van der Waals surface area contributed by atoms with Gasteiger partial charge in [0.05, 0.1) is 30.8 Å². The van der Waals surface area contributed by atoms with Crippen LogP contribution in [-0.4, -0.2) is 30.0 Å². The third kappa shape index (κ3) is 4.20. The molecular weight excluding hydrogens is 408 g/mol. The standard InChI is InChI=1S/C24H24N4O4/c1-15(2)23(29)28(3)19-8-6-5-7-17(19)22-13-26-24(32-22)27-16-9-10-18(20(11-16)30-4)21-12-25-14-31-21/h5-15H,1-4H3,(H,26,27). The Morgan fingerprint density at radius 3 is 2.62 bits per heavy atom. The summed E-state index contributed by atoms with van der Waals surface area (Å²) in [6.07, 6.45) is 4.64. The minimum Gasteiger partial charge on any atom is -0.496 e. The summed E-state index contributed by atoms with van der Waals surface area (Å²) in [6.45, 7) is 3.75. The van der Waals surface area contributed by atoms with Gasteiger partial charge in [-0.2, -0.15) is 0 Å². The van der Waals surface area contributed by atoms with Gasteiger partial charge >= 0.3 is 0 Å². The smallest absolute Gasteiger partial charge is 0.299 e. The molecule has 4 aromatic rings. The summed E-state index contributed by atoms with van der Waals surface area (Å²) >= 11 is 0. The van der Waals surface area contributed by atoms with Crippen LogP contribution in [0.25, 0.3) is 22.6 Å². The van der Waals surface area contributed by atoms with Gasteiger partial charge in [-0.1, -0.05) is 26.0 Å². The van der Waals surface area contributed by atoms with E-state index in [4.69, 9.17) is 13.6 Å². The van der Waals surface area contributed by atoms with Crippen molar-refractivity contribution in [3.05, 3.63) is 61.3 Å². The summed E-state index contributed by atoms with van der Waals surface area (Å²) in [4.78, 5) is 22.4. The first-order chi connectivity index (χ1) is 15.5. The molecule has 0 unspecified atom stereocenters. The van der Waals surface area contributed by atoms with E-state index in [1.54, 1.807) is 31.5 Å². The van der Waals surface area contributed by atoms with Gasteiger partial charge in [0.25, 0.3) is 6.01 Å². The first-order valence-corrected chi connectivity index (χ1v) is 10.1. The summed E-state index contributed by atoms with van der Waals surface area (Å²) in [5.41, 5.74) is 3.06. The minimum absolute atomic E-state index is 0.0225.